The van der Waals surface area contributed by atoms with Crippen molar-refractivity contribution >= 4 is 54.2 Å². The van der Waals surface area contributed by atoms with Gasteiger partial charge >= 0.3 is 7.75 Å². The molecule has 92 valence electrons. The van der Waals surface area contributed by atoms with Crippen molar-refractivity contribution in [3.63, 3.8) is 0 Å². The van der Waals surface area contributed by atoms with E-state index in [-0.39, 0.29) is 24.8 Å². The van der Waals surface area contributed by atoms with Crippen LogP contribution in [0.2, 0.25) is 0 Å². The highest BCUT2D eigenvalue weighted by molar-refractivity contribution is 7.49. The first-order valence-corrected chi connectivity index (χ1v) is 7.53. The van der Waals surface area contributed by atoms with Gasteiger partial charge in [-0.05, 0) is 0 Å². The van der Waals surface area contributed by atoms with Crippen LogP contribution in [0.4, 0.5) is 0 Å². The zero-order valence-corrected chi connectivity index (χ0v) is 11.6. The minimum absolute atomic E-state index is 0.0323. The third kappa shape index (κ3) is 7.24. The quantitative estimate of drug-likeness (QED) is 0.557. The summed E-state index contributed by atoms with van der Waals surface area (Å²) >= 11 is 22.3. The SMILES string of the molecule is O=P(O)(O)N(CC(Cl)CCl)CC(Cl)CCl. The fraction of sp³-hybridized carbons (Fsp3) is 1.00. The highest BCUT2D eigenvalue weighted by Gasteiger charge is 2.29. The molecule has 0 fully saturated rings. The van der Waals surface area contributed by atoms with Crippen LogP contribution < -0.4 is 0 Å². The third-order valence-electron chi connectivity index (χ3n) is 1.52. The first-order chi connectivity index (χ1) is 6.81. The summed E-state index contributed by atoms with van der Waals surface area (Å²) in [6.45, 7) is -0.0646. The topological polar surface area (TPSA) is 60.8 Å². The maximum absolute atomic E-state index is 11.1. The van der Waals surface area contributed by atoms with Crippen molar-refractivity contribution in [2.45, 2.75) is 10.8 Å². The fourth-order valence-corrected chi connectivity index (χ4v) is 2.38. The normalized spacial score (nSPS) is 16.7. The van der Waals surface area contributed by atoms with Crippen molar-refractivity contribution in [2.24, 2.45) is 0 Å². The summed E-state index contributed by atoms with van der Waals surface area (Å²) in [7, 11) is -4.36. The second kappa shape index (κ2) is 7.57. The molecule has 0 aliphatic carbocycles. The second-order valence-electron chi connectivity index (χ2n) is 2.89. The van der Waals surface area contributed by atoms with Gasteiger partial charge in [-0.3, -0.25) is 0 Å². The van der Waals surface area contributed by atoms with Crippen molar-refractivity contribution in [3.05, 3.63) is 0 Å². The van der Waals surface area contributed by atoms with E-state index >= 15 is 0 Å². The van der Waals surface area contributed by atoms with Gasteiger partial charge in [0.25, 0.3) is 0 Å². The summed E-state index contributed by atoms with van der Waals surface area (Å²) in [6.07, 6.45) is 0. The molecule has 9 heteroatoms. The van der Waals surface area contributed by atoms with E-state index in [0.717, 1.165) is 4.67 Å². The van der Waals surface area contributed by atoms with Crippen LogP contribution in [0.1, 0.15) is 0 Å². The Morgan fingerprint density at radius 3 is 1.60 bits per heavy atom. The summed E-state index contributed by atoms with van der Waals surface area (Å²) in [5, 5.41) is -1.09. The Kier molecular flexibility index (Phi) is 8.21. The average molecular weight is 319 g/mol. The molecule has 0 aromatic rings. The Hall–Kier alpha value is 1.27. The molecule has 0 amide bonds. The van der Waals surface area contributed by atoms with E-state index in [0.29, 0.717) is 0 Å². The average Bonchev–Trinajstić information content (AvgIpc) is 2.14. The largest absolute Gasteiger partial charge is 0.403 e. The monoisotopic (exact) mass is 317 g/mol. The lowest BCUT2D eigenvalue weighted by molar-refractivity contribution is 0.271. The van der Waals surface area contributed by atoms with Crippen LogP contribution in [0.25, 0.3) is 0 Å². The standard InChI is InChI=1S/C6H12Cl4NO3P/c7-1-5(9)3-11(15(12,13)14)4-6(10)2-8/h5-6H,1-4H2,(H2,12,13,14). The lowest BCUT2D eigenvalue weighted by Gasteiger charge is -2.25. The van der Waals surface area contributed by atoms with E-state index in [9.17, 15) is 4.57 Å². The van der Waals surface area contributed by atoms with Gasteiger partial charge < -0.3 is 9.79 Å². The molecule has 2 unspecified atom stereocenters. The molecule has 0 aliphatic rings. The minimum atomic E-state index is -4.36. The van der Waals surface area contributed by atoms with Crippen LogP contribution in [0.15, 0.2) is 0 Å². The Labute approximate surface area is 109 Å². The predicted molar refractivity (Wildman–Crippen MR) is 64.3 cm³/mol. The lowest BCUT2D eigenvalue weighted by atomic mass is 10.4. The van der Waals surface area contributed by atoms with Crippen LogP contribution in [0.5, 0.6) is 0 Å². The molecule has 0 bridgehead atoms. The third-order valence-corrected chi connectivity index (χ3v) is 4.23. The highest BCUT2D eigenvalue weighted by Crippen LogP contribution is 2.40. The molecule has 0 aliphatic heterocycles. The summed E-state index contributed by atoms with van der Waals surface area (Å²) in [5.41, 5.74) is 0. The Balaban J connectivity index is 4.39. The minimum Gasteiger partial charge on any atom is -0.312 e. The Bertz CT molecular complexity index is 214. The van der Waals surface area contributed by atoms with E-state index < -0.39 is 18.5 Å². The molecule has 0 saturated heterocycles. The molecule has 0 heterocycles. The number of nitrogens with zero attached hydrogens (tertiary/aromatic N) is 1. The van der Waals surface area contributed by atoms with Crippen LogP contribution in [0.3, 0.4) is 0 Å². The molecule has 0 spiro atoms. The van der Waals surface area contributed by atoms with Crippen molar-refractivity contribution in [2.75, 3.05) is 24.8 Å². The van der Waals surface area contributed by atoms with Gasteiger partial charge in [0.2, 0.25) is 0 Å². The Morgan fingerprint density at radius 1 is 1.07 bits per heavy atom. The maximum atomic E-state index is 11.1. The van der Waals surface area contributed by atoms with E-state index in [1.807, 2.05) is 0 Å². The first kappa shape index (κ1) is 16.3. The molecule has 0 aromatic heterocycles. The molecule has 0 radical (unpaired) electrons. The number of alkyl halides is 4. The summed E-state index contributed by atoms with van der Waals surface area (Å²) in [5.74, 6) is 0.206. The molecule has 0 saturated carbocycles. The van der Waals surface area contributed by atoms with Crippen molar-refractivity contribution < 1.29 is 14.4 Å². The molecular formula is C6H12Cl4NO3P. The zero-order valence-electron chi connectivity index (χ0n) is 7.69. The molecule has 2 N–H and O–H groups in total. The summed E-state index contributed by atoms with van der Waals surface area (Å²) in [6, 6.07) is 0. The van der Waals surface area contributed by atoms with Gasteiger partial charge in [-0.1, -0.05) is 0 Å². The first-order valence-electron chi connectivity index (χ1n) is 4.02. The van der Waals surface area contributed by atoms with Gasteiger partial charge in [0, 0.05) is 24.8 Å². The number of hydrogen-bond acceptors (Lipinski definition) is 1. The van der Waals surface area contributed by atoms with E-state index in [2.05, 4.69) is 0 Å². The van der Waals surface area contributed by atoms with Crippen LogP contribution >= 0.6 is 54.2 Å². The molecular weight excluding hydrogens is 307 g/mol. The highest BCUT2D eigenvalue weighted by atomic mass is 35.5. The molecule has 4 nitrogen and oxygen atoms in total. The van der Waals surface area contributed by atoms with E-state index in [4.69, 9.17) is 56.2 Å². The zero-order chi connectivity index (χ0) is 12.1. The Morgan fingerprint density at radius 2 is 1.40 bits per heavy atom. The van der Waals surface area contributed by atoms with Gasteiger partial charge in [-0.15, -0.1) is 46.4 Å². The number of rotatable bonds is 7. The van der Waals surface area contributed by atoms with Crippen molar-refractivity contribution in [3.8, 4) is 0 Å². The van der Waals surface area contributed by atoms with E-state index in [1.165, 1.54) is 0 Å². The molecule has 0 aromatic carbocycles. The smallest absolute Gasteiger partial charge is 0.312 e. The molecule has 2 atom stereocenters. The second-order valence-corrected chi connectivity index (χ2v) is 6.33. The number of hydrogen-bond donors (Lipinski definition) is 2. The fourth-order valence-electron chi connectivity index (χ4n) is 0.842. The van der Waals surface area contributed by atoms with Crippen LogP contribution in [-0.2, 0) is 4.57 Å². The van der Waals surface area contributed by atoms with Crippen LogP contribution in [-0.4, -0.2) is 50.1 Å². The van der Waals surface area contributed by atoms with Crippen LogP contribution in [0, 0.1) is 0 Å². The van der Waals surface area contributed by atoms with Gasteiger partial charge in [-0.25, -0.2) is 9.24 Å². The van der Waals surface area contributed by atoms with E-state index in [1.54, 1.807) is 0 Å². The van der Waals surface area contributed by atoms with Gasteiger partial charge in [0.15, 0.2) is 0 Å². The van der Waals surface area contributed by atoms with Crippen molar-refractivity contribution in [1.29, 1.82) is 0 Å². The summed E-state index contributed by atoms with van der Waals surface area (Å²) < 4.78 is 11.9. The predicted octanol–water partition coefficient (Wildman–Crippen LogP) is 2.07. The summed E-state index contributed by atoms with van der Waals surface area (Å²) in [4.78, 5) is 18.0. The van der Waals surface area contributed by atoms with Crippen molar-refractivity contribution in [1.82, 2.24) is 4.67 Å². The van der Waals surface area contributed by atoms with Gasteiger partial charge in [0.1, 0.15) is 0 Å². The van der Waals surface area contributed by atoms with Gasteiger partial charge in [-0.2, -0.15) is 0 Å². The molecule has 15 heavy (non-hydrogen) atoms. The maximum Gasteiger partial charge on any atom is 0.403 e. The molecule has 0 rings (SSSR count). The van der Waals surface area contributed by atoms with Gasteiger partial charge in [0.05, 0.1) is 10.8 Å². The number of halogens is 4. The lowest BCUT2D eigenvalue weighted by Crippen LogP contribution is -2.33.